The lowest BCUT2D eigenvalue weighted by Gasteiger charge is -2.10. The van der Waals surface area contributed by atoms with Gasteiger partial charge in [-0.15, -0.1) is 0 Å². The van der Waals surface area contributed by atoms with Crippen molar-refractivity contribution in [2.75, 3.05) is 5.32 Å². The van der Waals surface area contributed by atoms with Crippen molar-refractivity contribution in [3.8, 4) is 0 Å². The summed E-state index contributed by atoms with van der Waals surface area (Å²) in [6, 6.07) is 3.28. The maximum absolute atomic E-state index is 13.3. The second kappa shape index (κ2) is 5.10. The molecule has 2 rings (SSSR count). The van der Waals surface area contributed by atoms with Crippen LogP contribution in [-0.4, -0.2) is 9.78 Å². The van der Waals surface area contributed by atoms with Crippen LogP contribution in [0.5, 0.6) is 0 Å². The van der Waals surface area contributed by atoms with Crippen molar-refractivity contribution in [2.45, 2.75) is 20.4 Å². The lowest BCUT2D eigenvalue weighted by molar-refractivity contribution is 0.620. The minimum Gasteiger partial charge on any atom is -0.381 e. The quantitative estimate of drug-likeness (QED) is 0.939. The van der Waals surface area contributed by atoms with E-state index in [2.05, 4.69) is 26.3 Å². The first-order valence-electron chi connectivity index (χ1n) is 5.66. The van der Waals surface area contributed by atoms with Crippen molar-refractivity contribution in [1.82, 2.24) is 9.78 Å². The van der Waals surface area contributed by atoms with E-state index >= 15 is 0 Å². The van der Waals surface area contributed by atoms with Crippen molar-refractivity contribution in [3.63, 3.8) is 0 Å². The molecule has 0 aliphatic carbocycles. The Morgan fingerprint density at radius 3 is 2.72 bits per heavy atom. The summed E-state index contributed by atoms with van der Waals surface area (Å²) >= 11 is 3.19. The molecule has 0 bridgehead atoms. The van der Waals surface area contributed by atoms with E-state index in [0.29, 0.717) is 11.0 Å². The molecule has 0 aliphatic rings. The Morgan fingerprint density at radius 1 is 1.39 bits per heavy atom. The molecule has 96 valence electrons. The van der Waals surface area contributed by atoms with Gasteiger partial charge in [-0.05, 0) is 47.5 Å². The Labute approximate surface area is 114 Å². The highest BCUT2D eigenvalue weighted by Crippen LogP contribution is 2.24. The van der Waals surface area contributed by atoms with E-state index in [9.17, 15) is 4.39 Å². The number of rotatable bonds is 3. The third kappa shape index (κ3) is 2.56. The van der Waals surface area contributed by atoms with Crippen LogP contribution in [0, 0.1) is 19.7 Å². The molecule has 3 nitrogen and oxygen atoms in total. The highest BCUT2D eigenvalue weighted by Gasteiger charge is 2.07. The molecule has 1 aromatic heterocycles. The Balaban J connectivity index is 2.16. The average molecular weight is 312 g/mol. The van der Waals surface area contributed by atoms with Crippen LogP contribution >= 0.6 is 15.9 Å². The average Bonchev–Trinajstić information content (AvgIpc) is 2.63. The zero-order valence-electron chi connectivity index (χ0n) is 10.6. The van der Waals surface area contributed by atoms with Crippen molar-refractivity contribution in [3.05, 3.63) is 45.4 Å². The monoisotopic (exact) mass is 311 g/mol. The molecule has 0 atom stereocenters. The van der Waals surface area contributed by atoms with Crippen LogP contribution in [-0.2, 0) is 13.6 Å². The summed E-state index contributed by atoms with van der Waals surface area (Å²) in [4.78, 5) is 0. The number of aromatic nitrogens is 2. The summed E-state index contributed by atoms with van der Waals surface area (Å²) in [6.45, 7) is 4.59. The number of aryl methyl sites for hydroxylation is 2. The first-order chi connectivity index (χ1) is 8.49. The third-order valence-corrected chi connectivity index (χ3v) is 3.68. The van der Waals surface area contributed by atoms with E-state index in [0.717, 1.165) is 22.5 Å². The zero-order valence-corrected chi connectivity index (χ0v) is 12.2. The largest absolute Gasteiger partial charge is 0.381 e. The van der Waals surface area contributed by atoms with Gasteiger partial charge in [0.1, 0.15) is 5.82 Å². The van der Waals surface area contributed by atoms with Crippen LogP contribution in [0.4, 0.5) is 10.1 Å². The molecule has 0 spiro atoms. The normalized spacial score (nSPS) is 10.7. The predicted octanol–water partition coefficient (Wildman–Crippen LogP) is 3.55. The van der Waals surface area contributed by atoms with E-state index in [4.69, 9.17) is 0 Å². The molecule has 5 heteroatoms. The minimum atomic E-state index is -0.240. The highest BCUT2D eigenvalue weighted by atomic mass is 79.9. The number of nitrogens with one attached hydrogen (secondary N) is 1. The lowest BCUT2D eigenvalue weighted by Crippen LogP contribution is -2.03. The maximum Gasteiger partial charge on any atom is 0.137 e. The summed E-state index contributed by atoms with van der Waals surface area (Å²) in [5.41, 5.74) is 4.07. The van der Waals surface area contributed by atoms with Gasteiger partial charge < -0.3 is 5.32 Å². The Kier molecular flexibility index (Phi) is 3.71. The maximum atomic E-state index is 13.3. The molecule has 0 saturated carbocycles. The van der Waals surface area contributed by atoms with Crippen molar-refractivity contribution >= 4 is 21.6 Å². The predicted molar refractivity (Wildman–Crippen MR) is 74.1 cm³/mol. The van der Waals surface area contributed by atoms with Gasteiger partial charge in [0.25, 0.3) is 0 Å². The molecular formula is C13H15BrFN3. The fourth-order valence-electron chi connectivity index (χ4n) is 1.74. The molecule has 0 aliphatic heterocycles. The number of anilines is 1. The smallest absolute Gasteiger partial charge is 0.137 e. The standard InChI is InChI=1S/C13H15BrFN3/c1-8-4-12(15)11(14)5-13(8)16-6-10-7-17-18(3)9(10)2/h4-5,7,16H,6H2,1-3H3. The molecule has 1 aromatic carbocycles. The second-order valence-electron chi connectivity index (χ2n) is 4.31. The van der Waals surface area contributed by atoms with Gasteiger partial charge >= 0.3 is 0 Å². The highest BCUT2D eigenvalue weighted by molar-refractivity contribution is 9.10. The van der Waals surface area contributed by atoms with E-state index in [1.807, 2.05) is 31.8 Å². The van der Waals surface area contributed by atoms with Gasteiger partial charge in [0.05, 0.1) is 10.7 Å². The lowest BCUT2D eigenvalue weighted by atomic mass is 10.2. The van der Waals surface area contributed by atoms with Gasteiger partial charge in [0, 0.05) is 30.5 Å². The van der Waals surface area contributed by atoms with Crippen LogP contribution in [0.2, 0.25) is 0 Å². The van der Waals surface area contributed by atoms with Gasteiger partial charge in [-0.25, -0.2) is 4.39 Å². The van der Waals surface area contributed by atoms with Crippen LogP contribution in [0.25, 0.3) is 0 Å². The number of nitrogens with zero attached hydrogens (tertiary/aromatic N) is 2. The van der Waals surface area contributed by atoms with E-state index in [1.165, 1.54) is 6.07 Å². The van der Waals surface area contributed by atoms with Crippen LogP contribution in [0.15, 0.2) is 22.8 Å². The minimum absolute atomic E-state index is 0.240. The molecule has 1 heterocycles. The van der Waals surface area contributed by atoms with Crippen molar-refractivity contribution < 1.29 is 4.39 Å². The fourth-order valence-corrected chi connectivity index (χ4v) is 2.09. The third-order valence-electron chi connectivity index (χ3n) is 3.07. The Hall–Kier alpha value is -1.36. The van der Waals surface area contributed by atoms with Crippen LogP contribution < -0.4 is 5.32 Å². The number of halogens is 2. The van der Waals surface area contributed by atoms with Gasteiger partial charge in [-0.3, -0.25) is 4.68 Å². The molecule has 0 unspecified atom stereocenters. The van der Waals surface area contributed by atoms with E-state index in [1.54, 1.807) is 6.07 Å². The Bertz CT molecular complexity index is 578. The first kappa shape index (κ1) is 13.1. The SMILES string of the molecule is Cc1cc(F)c(Br)cc1NCc1cnn(C)c1C. The fraction of sp³-hybridized carbons (Fsp3) is 0.308. The van der Waals surface area contributed by atoms with Gasteiger partial charge in [0.2, 0.25) is 0 Å². The zero-order chi connectivity index (χ0) is 13.3. The summed E-state index contributed by atoms with van der Waals surface area (Å²) < 4.78 is 15.6. The molecule has 2 aromatic rings. The molecule has 0 amide bonds. The van der Waals surface area contributed by atoms with Crippen LogP contribution in [0.1, 0.15) is 16.8 Å². The summed E-state index contributed by atoms with van der Waals surface area (Å²) in [7, 11) is 1.92. The van der Waals surface area contributed by atoms with Gasteiger partial charge in [-0.1, -0.05) is 0 Å². The van der Waals surface area contributed by atoms with Crippen molar-refractivity contribution in [1.29, 1.82) is 0 Å². The molecule has 0 saturated heterocycles. The molecule has 18 heavy (non-hydrogen) atoms. The number of hydrogen-bond donors (Lipinski definition) is 1. The molecule has 0 radical (unpaired) electrons. The number of benzene rings is 1. The Morgan fingerprint density at radius 2 is 2.11 bits per heavy atom. The number of hydrogen-bond acceptors (Lipinski definition) is 2. The van der Waals surface area contributed by atoms with E-state index in [-0.39, 0.29) is 5.82 Å². The van der Waals surface area contributed by atoms with Crippen LogP contribution in [0.3, 0.4) is 0 Å². The van der Waals surface area contributed by atoms with Crippen molar-refractivity contribution in [2.24, 2.45) is 7.05 Å². The van der Waals surface area contributed by atoms with Gasteiger partial charge in [0.15, 0.2) is 0 Å². The first-order valence-corrected chi connectivity index (χ1v) is 6.45. The summed E-state index contributed by atoms with van der Waals surface area (Å²) in [6.07, 6.45) is 1.84. The molecule has 0 fully saturated rings. The van der Waals surface area contributed by atoms with Gasteiger partial charge in [-0.2, -0.15) is 5.10 Å². The molecule has 1 N–H and O–H groups in total. The summed E-state index contributed by atoms with van der Waals surface area (Å²) in [5, 5.41) is 7.49. The molecular weight excluding hydrogens is 297 g/mol. The summed E-state index contributed by atoms with van der Waals surface area (Å²) in [5.74, 6) is -0.240. The van der Waals surface area contributed by atoms with E-state index < -0.39 is 0 Å². The second-order valence-corrected chi connectivity index (χ2v) is 5.17. The topological polar surface area (TPSA) is 29.9 Å².